The molecule has 0 radical (unpaired) electrons. The third-order valence-electron chi connectivity index (χ3n) is 3.79. The molecule has 1 N–H and O–H groups in total. The van der Waals surface area contributed by atoms with E-state index in [0.29, 0.717) is 10.7 Å². The van der Waals surface area contributed by atoms with Crippen LogP contribution in [0.1, 0.15) is 24.2 Å². The maximum atomic E-state index is 13.8. The molecule has 0 saturated carbocycles. The number of nitrogens with one attached hydrogen (secondary N) is 1. The maximum absolute atomic E-state index is 13.8. The summed E-state index contributed by atoms with van der Waals surface area (Å²) >= 11 is 7.31. The van der Waals surface area contributed by atoms with Crippen molar-refractivity contribution >= 4 is 28.8 Å². The van der Waals surface area contributed by atoms with Crippen LogP contribution in [-0.4, -0.2) is 10.9 Å². The Labute approximate surface area is 158 Å². The van der Waals surface area contributed by atoms with E-state index >= 15 is 0 Å². The zero-order valence-electron chi connectivity index (χ0n) is 13.8. The average Bonchev–Trinajstić information content (AvgIpc) is 3.03. The standard InChI is InChI=1S/C19H15ClF2N2OS/c1-11(16-7-6-14(21)8-17(16)22)23-18(25)9-15-10-26-19(24-15)12-2-4-13(20)5-3-12/h2-8,10-11H,9H2,1H3,(H,23,25). The van der Waals surface area contributed by atoms with E-state index in [1.165, 1.54) is 23.5 Å². The summed E-state index contributed by atoms with van der Waals surface area (Å²) in [5.74, 6) is -1.62. The van der Waals surface area contributed by atoms with Crippen molar-refractivity contribution in [3.05, 3.63) is 75.8 Å². The molecule has 0 bridgehead atoms. The summed E-state index contributed by atoms with van der Waals surface area (Å²) in [7, 11) is 0. The highest BCUT2D eigenvalue weighted by Crippen LogP contribution is 2.25. The van der Waals surface area contributed by atoms with Gasteiger partial charge in [0.25, 0.3) is 0 Å². The molecule has 1 aromatic heterocycles. The van der Waals surface area contributed by atoms with E-state index in [9.17, 15) is 13.6 Å². The lowest BCUT2D eigenvalue weighted by Gasteiger charge is -2.14. The first-order valence-electron chi connectivity index (χ1n) is 7.87. The molecule has 0 aliphatic carbocycles. The monoisotopic (exact) mass is 392 g/mol. The molecule has 0 aliphatic heterocycles. The number of carbonyl (C=O) groups is 1. The third kappa shape index (κ3) is 4.45. The minimum absolute atomic E-state index is 0.0806. The molecule has 0 aliphatic rings. The smallest absolute Gasteiger partial charge is 0.226 e. The third-order valence-corrected chi connectivity index (χ3v) is 4.98. The van der Waals surface area contributed by atoms with Gasteiger partial charge < -0.3 is 5.32 Å². The number of aromatic nitrogens is 1. The zero-order valence-corrected chi connectivity index (χ0v) is 15.4. The number of benzene rings is 2. The first-order valence-corrected chi connectivity index (χ1v) is 9.13. The molecule has 3 nitrogen and oxygen atoms in total. The van der Waals surface area contributed by atoms with Crippen molar-refractivity contribution in [2.24, 2.45) is 0 Å². The molecule has 0 fully saturated rings. The molecule has 1 heterocycles. The average molecular weight is 393 g/mol. The van der Waals surface area contributed by atoms with Crippen LogP contribution in [0.3, 0.4) is 0 Å². The van der Waals surface area contributed by atoms with Gasteiger partial charge in [0.05, 0.1) is 18.2 Å². The molecule has 3 rings (SSSR count). The number of thiazole rings is 1. The summed E-state index contributed by atoms with van der Waals surface area (Å²) in [5.41, 5.74) is 1.79. The summed E-state index contributed by atoms with van der Waals surface area (Å²) < 4.78 is 26.8. The highest BCUT2D eigenvalue weighted by molar-refractivity contribution is 7.13. The van der Waals surface area contributed by atoms with Crippen LogP contribution in [-0.2, 0) is 11.2 Å². The van der Waals surface area contributed by atoms with Gasteiger partial charge >= 0.3 is 0 Å². The second-order valence-corrected chi connectivity index (χ2v) is 7.08. The summed E-state index contributed by atoms with van der Waals surface area (Å²) in [6, 6.07) is 10.0. The van der Waals surface area contributed by atoms with Gasteiger partial charge in [-0.2, -0.15) is 0 Å². The fourth-order valence-corrected chi connectivity index (χ4v) is 3.45. The van der Waals surface area contributed by atoms with Crippen molar-refractivity contribution < 1.29 is 13.6 Å². The van der Waals surface area contributed by atoms with Gasteiger partial charge in [-0.25, -0.2) is 13.8 Å². The van der Waals surface area contributed by atoms with Crippen LogP contribution < -0.4 is 5.32 Å². The summed E-state index contributed by atoms with van der Waals surface area (Å²) in [6.45, 7) is 1.65. The number of nitrogens with zero attached hydrogens (tertiary/aromatic N) is 1. The molecule has 3 aromatic rings. The molecule has 1 unspecified atom stereocenters. The first-order chi connectivity index (χ1) is 12.4. The highest BCUT2D eigenvalue weighted by atomic mass is 35.5. The van der Waals surface area contributed by atoms with Gasteiger partial charge in [-0.3, -0.25) is 4.79 Å². The number of carbonyl (C=O) groups excluding carboxylic acids is 1. The second-order valence-electron chi connectivity index (χ2n) is 5.78. The van der Waals surface area contributed by atoms with E-state index < -0.39 is 17.7 Å². The lowest BCUT2D eigenvalue weighted by Crippen LogP contribution is -2.28. The molecular formula is C19H15ClF2N2OS. The van der Waals surface area contributed by atoms with Crippen LogP contribution in [0.2, 0.25) is 5.02 Å². The predicted octanol–water partition coefficient (Wildman–Crippen LogP) is 5.16. The van der Waals surface area contributed by atoms with Gasteiger partial charge in [-0.1, -0.05) is 29.8 Å². The van der Waals surface area contributed by atoms with Gasteiger partial charge in [-0.05, 0) is 25.1 Å². The fraction of sp³-hybridized carbons (Fsp3) is 0.158. The number of rotatable bonds is 5. The first kappa shape index (κ1) is 18.5. The van der Waals surface area contributed by atoms with Crippen LogP contribution in [0, 0.1) is 11.6 Å². The molecule has 2 aromatic carbocycles. The molecular weight excluding hydrogens is 378 g/mol. The van der Waals surface area contributed by atoms with Gasteiger partial charge in [-0.15, -0.1) is 11.3 Å². The lowest BCUT2D eigenvalue weighted by molar-refractivity contribution is -0.121. The Bertz CT molecular complexity index is 928. The molecule has 26 heavy (non-hydrogen) atoms. The van der Waals surface area contributed by atoms with E-state index in [-0.39, 0.29) is 17.9 Å². The van der Waals surface area contributed by atoms with Crippen LogP contribution >= 0.6 is 22.9 Å². The van der Waals surface area contributed by atoms with Crippen molar-refractivity contribution in [2.45, 2.75) is 19.4 Å². The molecule has 0 spiro atoms. The Morgan fingerprint density at radius 3 is 2.65 bits per heavy atom. The fourth-order valence-electron chi connectivity index (χ4n) is 2.50. The Hall–Kier alpha value is -2.31. The molecule has 1 amide bonds. The minimum atomic E-state index is -0.684. The topological polar surface area (TPSA) is 42.0 Å². The van der Waals surface area contributed by atoms with E-state index in [0.717, 1.165) is 16.6 Å². The Balaban J connectivity index is 1.64. The Morgan fingerprint density at radius 2 is 1.96 bits per heavy atom. The SMILES string of the molecule is CC(NC(=O)Cc1csc(-c2ccc(Cl)cc2)n1)c1ccc(F)cc1F. The largest absolute Gasteiger partial charge is 0.349 e. The summed E-state index contributed by atoms with van der Waals surface area (Å²) in [6.07, 6.45) is 0.0806. The van der Waals surface area contributed by atoms with Crippen molar-refractivity contribution in [1.82, 2.24) is 10.3 Å². The van der Waals surface area contributed by atoms with E-state index in [4.69, 9.17) is 11.6 Å². The van der Waals surface area contributed by atoms with E-state index in [1.54, 1.807) is 19.1 Å². The maximum Gasteiger partial charge on any atom is 0.226 e. The zero-order chi connectivity index (χ0) is 18.7. The van der Waals surface area contributed by atoms with E-state index in [2.05, 4.69) is 10.3 Å². The summed E-state index contributed by atoms with van der Waals surface area (Å²) in [4.78, 5) is 16.7. The van der Waals surface area contributed by atoms with Gasteiger partial charge in [0.2, 0.25) is 5.91 Å². The lowest BCUT2D eigenvalue weighted by atomic mass is 10.1. The van der Waals surface area contributed by atoms with E-state index in [1.807, 2.05) is 17.5 Å². The van der Waals surface area contributed by atoms with Crippen molar-refractivity contribution in [3.8, 4) is 10.6 Å². The predicted molar refractivity (Wildman–Crippen MR) is 99.2 cm³/mol. The second kappa shape index (κ2) is 7.93. The van der Waals surface area contributed by atoms with Crippen LogP contribution in [0.25, 0.3) is 10.6 Å². The van der Waals surface area contributed by atoms with Gasteiger partial charge in [0, 0.05) is 27.6 Å². The van der Waals surface area contributed by atoms with Crippen LogP contribution in [0.4, 0.5) is 8.78 Å². The summed E-state index contributed by atoms with van der Waals surface area (Å²) in [5, 5.41) is 5.96. The molecule has 134 valence electrons. The number of hydrogen-bond donors (Lipinski definition) is 1. The van der Waals surface area contributed by atoms with Crippen molar-refractivity contribution in [2.75, 3.05) is 0 Å². The van der Waals surface area contributed by atoms with Gasteiger partial charge in [0.15, 0.2) is 0 Å². The number of hydrogen-bond acceptors (Lipinski definition) is 3. The molecule has 0 saturated heterocycles. The van der Waals surface area contributed by atoms with Gasteiger partial charge in [0.1, 0.15) is 16.6 Å². The normalized spacial score (nSPS) is 12.0. The molecule has 7 heteroatoms. The van der Waals surface area contributed by atoms with Crippen molar-refractivity contribution in [3.63, 3.8) is 0 Å². The molecule has 1 atom stereocenters. The van der Waals surface area contributed by atoms with Crippen molar-refractivity contribution in [1.29, 1.82) is 0 Å². The van der Waals surface area contributed by atoms with Crippen LogP contribution in [0.5, 0.6) is 0 Å². The quantitative estimate of drug-likeness (QED) is 0.651. The highest BCUT2D eigenvalue weighted by Gasteiger charge is 2.16. The number of amides is 1. The minimum Gasteiger partial charge on any atom is -0.349 e. The Kier molecular flexibility index (Phi) is 5.64. The number of halogens is 3. The Morgan fingerprint density at radius 1 is 1.23 bits per heavy atom. The van der Waals surface area contributed by atoms with Crippen LogP contribution in [0.15, 0.2) is 47.8 Å².